The Morgan fingerprint density at radius 2 is 1.84 bits per heavy atom. The summed E-state index contributed by atoms with van der Waals surface area (Å²) in [5.41, 5.74) is 1.57. The summed E-state index contributed by atoms with van der Waals surface area (Å²) >= 11 is 0. The second-order valence-corrected chi connectivity index (χ2v) is 6.85. The molecule has 1 N–H and O–H groups in total. The fourth-order valence-corrected chi connectivity index (χ4v) is 3.33. The zero-order valence-corrected chi connectivity index (χ0v) is 12.0. The van der Waals surface area contributed by atoms with Crippen LogP contribution in [0.2, 0.25) is 0 Å². The standard InChI is InChI=1S/C17H24FN/c1-12(2)13-9-17(10-13,11-19-16-7-8-16)14-3-5-15(18)6-4-14/h3-6,12-13,16,19H,7-11H2,1-2H3. The molecule has 0 unspecified atom stereocenters. The predicted molar refractivity (Wildman–Crippen MR) is 76.7 cm³/mol. The lowest BCUT2D eigenvalue weighted by Crippen LogP contribution is -2.50. The molecule has 19 heavy (non-hydrogen) atoms. The second kappa shape index (κ2) is 4.90. The summed E-state index contributed by atoms with van der Waals surface area (Å²) in [7, 11) is 0. The molecule has 0 atom stereocenters. The van der Waals surface area contributed by atoms with Crippen molar-refractivity contribution in [2.24, 2.45) is 11.8 Å². The van der Waals surface area contributed by atoms with Gasteiger partial charge in [-0.2, -0.15) is 0 Å². The van der Waals surface area contributed by atoms with Crippen LogP contribution in [0.4, 0.5) is 4.39 Å². The van der Waals surface area contributed by atoms with Crippen LogP contribution in [0.3, 0.4) is 0 Å². The molecule has 2 saturated carbocycles. The quantitative estimate of drug-likeness (QED) is 0.848. The summed E-state index contributed by atoms with van der Waals surface area (Å²) < 4.78 is 13.1. The van der Waals surface area contributed by atoms with Crippen molar-refractivity contribution in [1.82, 2.24) is 5.32 Å². The molecule has 1 nitrogen and oxygen atoms in total. The largest absolute Gasteiger partial charge is 0.313 e. The van der Waals surface area contributed by atoms with Gasteiger partial charge in [-0.05, 0) is 55.2 Å². The van der Waals surface area contributed by atoms with Gasteiger partial charge in [0.2, 0.25) is 0 Å². The van der Waals surface area contributed by atoms with Crippen molar-refractivity contribution in [2.45, 2.75) is 51.0 Å². The van der Waals surface area contributed by atoms with Crippen LogP contribution in [-0.2, 0) is 5.41 Å². The molecule has 0 heterocycles. The summed E-state index contributed by atoms with van der Waals surface area (Å²) in [4.78, 5) is 0. The first-order valence-corrected chi connectivity index (χ1v) is 7.58. The van der Waals surface area contributed by atoms with Crippen molar-refractivity contribution >= 4 is 0 Å². The monoisotopic (exact) mass is 261 g/mol. The van der Waals surface area contributed by atoms with Gasteiger partial charge in [-0.1, -0.05) is 26.0 Å². The number of hydrogen-bond acceptors (Lipinski definition) is 1. The van der Waals surface area contributed by atoms with Gasteiger partial charge in [0, 0.05) is 18.0 Å². The molecule has 1 aromatic rings. The van der Waals surface area contributed by atoms with E-state index in [4.69, 9.17) is 0 Å². The van der Waals surface area contributed by atoms with Gasteiger partial charge in [0.1, 0.15) is 5.82 Å². The number of benzene rings is 1. The average molecular weight is 261 g/mol. The predicted octanol–water partition coefficient (Wildman–Crippen LogP) is 3.88. The number of halogens is 1. The third kappa shape index (κ3) is 2.69. The Morgan fingerprint density at radius 1 is 1.21 bits per heavy atom. The van der Waals surface area contributed by atoms with Gasteiger partial charge in [-0.25, -0.2) is 4.39 Å². The number of rotatable bonds is 5. The molecule has 2 heteroatoms. The topological polar surface area (TPSA) is 12.0 Å². The molecular formula is C17H24FN. The number of nitrogens with one attached hydrogen (secondary N) is 1. The maximum Gasteiger partial charge on any atom is 0.123 e. The van der Waals surface area contributed by atoms with Gasteiger partial charge in [-0.3, -0.25) is 0 Å². The maximum atomic E-state index is 13.1. The highest BCUT2D eigenvalue weighted by molar-refractivity contribution is 5.30. The SMILES string of the molecule is CC(C)C1CC(CNC2CC2)(c2ccc(F)cc2)C1. The molecule has 0 radical (unpaired) electrons. The minimum Gasteiger partial charge on any atom is -0.313 e. The lowest BCUT2D eigenvalue weighted by atomic mass is 9.56. The highest BCUT2D eigenvalue weighted by atomic mass is 19.1. The summed E-state index contributed by atoms with van der Waals surface area (Å²) in [6.07, 6.45) is 5.15. The smallest absolute Gasteiger partial charge is 0.123 e. The summed E-state index contributed by atoms with van der Waals surface area (Å²) in [5.74, 6) is 1.45. The van der Waals surface area contributed by atoms with Crippen LogP contribution < -0.4 is 5.32 Å². The molecule has 0 aromatic heterocycles. The van der Waals surface area contributed by atoms with Gasteiger partial charge >= 0.3 is 0 Å². The van der Waals surface area contributed by atoms with E-state index in [1.54, 1.807) is 12.1 Å². The Labute approximate surface area is 115 Å². The van der Waals surface area contributed by atoms with E-state index >= 15 is 0 Å². The van der Waals surface area contributed by atoms with Crippen LogP contribution in [0.5, 0.6) is 0 Å². The fourth-order valence-electron chi connectivity index (χ4n) is 3.33. The van der Waals surface area contributed by atoms with E-state index < -0.39 is 0 Å². The molecule has 0 spiro atoms. The van der Waals surface area contributed by atoms with Gasteiger partial charge < -0.3 is 5.32 Å². The van der Waals surface area contributed by atoms with Gasteiger partial charge in [0.15, 0.2) is 0 Å². The Morgan fingerprint density at radius 3 is 2.37 bits per heavy atom. The van der Waals surface area contributed by atoms with Crippen molar-refractivity contribution in [3.63, 3.8) is 0 Å². The highest BCUT2D eigenvalue weighted by Crippen LogP contribution is 2.50. The van der Waals surface area contributed by atoms with Crippen molar-refractivity contribution in [2.75, 3.05) is 6.54 Å². The van der Waals surface area contributed by atoms with Crippen LogP contribution >= 0.6 is 0 Å². The molecule has 0 aliphatic heterocycles. The lowest BCUT2D eigenvalue weighted by Gasteiger charge is -2.50. The van der Waals surface area contributed by atoms with E-state index in [1.807, 2.05) is 12.1 Å². The Kier molecular flexibility index (Phi) is 3.38. The Bertz CT molecular complexity index is 422. The molecule has 1 aromatic carbocycles. The zero-order chi connectivity index (χ0) is 13.5. The van der Waals surface area contributed by atoms with Crippen molar-refractivity contribution in [3.8, 4) is 0 Å². The Balaban J connectivity index is 1.74. The van der Waals surface area contributed by atoms with Crippen LogP contribution in [0.1, 0.15) is 45.1 Å². The first-order chi connectivity index (χ1) is 9.09. The van der Waals surface area contributed by atoms with Crippen LogP contribution in [-0.4, -0.2) is 12.6 Å². The molecule has 2 aliphatic rings. The molecule has 0 bridgehead atoms. The van der Waals surface area contributed by atoms with E-state index in [2.05, 4.69) is 19.2 Å². The molecule has 3 rings (SSSR count). The molecule has 2 aliphatic carbocycles. The van der Waals surface area contributed by atoms with Crippen molar-refractivity contribution in [1.29, 1.82) is 0 Å². The number of hydrogen-bond donors (Lipinski definition) is 1. The molecular weight excluding hydrogens is 237 g/mol. The molecule has 2 fully saturated rings. The van der Waals surface area contributed by atoms with Crippen LogP contribution in [0.25, 0.3) is 0 Å². The molecule has 104 valence electrons. The lowest BCUT2D eigenvalue weighted by molar-refractivity contribution is 0.0973. The van der Waals surface area contributed by atoms with Gasteiger partial charge in [-0.15, -0.1) is 0 Å². The minimum absolute atomic E-state index is 0.131. The van der Waals surface area contributed by atoms with E-state index in [1.165, 1.54) is 31.2 Å². The second-order valence-electron chi connectivity index (χ2n) is 6.85. The third-order valence-corrected chi connectivity index (χ3v) is 5.01. The summed E-state index contributed by atoms with van der Waals surface area (Å²) in [6.45, 7) is 5.69. The Hall–Kier alpha value is -0.890. The van der Waals surface area contributed by atoms with Gasteiger partial charge in [0.05, 0.1) is 0 Å². The minimum atomic E-state index is -0.131. The maximum absolute atomic E-state index is 13.1. The van der Waals surface area contributed by atoms with Crippen LogP contribution in [0, 0.1) is 17.7 Å². The first-order valence-electron chi connectivity index (χ1n) is 7.58. The zero-order valence-electron chi connectivity index (χ0n) is 12.0. The van der Waals surface area contributed by atoms with Crippen molar-refractivity contribution < 1.29 is 4.39 Å². The van der Waals surface area contributed by atoms with Gasteiger partial charge in [0.25, 0.3) is 0 Å². The highest BCUT2D eigenvalue weighted by Gasteiger charge is 2.46. The molecule has 0 amide bonds. The summed E-state index contributed by atoms with van der Waals surface area (Å²) in [5, 5.41) is 3.68. The average Bonchev–Trinajstić information content (AvgIpc) is 3.13. The normalized spacial score (nSPS) is 30.4. The third-order valence-electron chi connectivity index (χ3n) is 5.01. The first kappa shape index (κ1) is 13.1. The van der Waals surface area contributed by atoms with E-state index in [0.717, 1.165) is 24.4 Å². The molecule has 0 saturated heterocycles. The summed E-state index contributed by atoms with van der Waals surface area (Å²) in [6, 6.07) is 7.93. The van der Waals surface area contributed by atoms with E-state index in [9.17, 15) is 4.39 Å². The van der Waals surface area contributed by atoms with E-state index in [0.29, 0.717) is 0 Å². The van der Waals surface area contributed by atoms with Crippen LogP contribution in [0.15, 0.2) is 24.3 Å². The van der Waals surface area contributed by atoms with E-state index in [-0.39, 0.29) is 11.2 Å². The van der Waals surface area contributed by atoms with Crippen molar-refractivity contribution in [3.05, 3.63) is 35.6 Å². The fraction of sp³-hybridized carbons (Fsp3) is 0.647.